The molecule has 0 aromatic heterocycles. The van der Waals surface area contributed by atoms with Crippen molar-refractivity contribution in [3.05, 3.63) is 0 Å². The van der Waals surface area contributed by atoms with Gasteiger partial charge in [0.1, 0.15) is 0 Å². The topological polar surface area (TPSA) is 18.5 Å². The van der Waals surface area contributed by atoms with E-state index in [-0.39, 0.29) is 0 Å². The molecule has 2 rings (SSSR count). The van der Waals surface area contributed by atoms with Gasteiger partial charge < -0.3 is 10.2 Å². The van der Waals surface area contributed by atoms with Crippen LogP contribution in [0.4, 0.5) is 0 Å². The van der Waals surface area contributed by atoms with Crippen LogP contribution in [-0.4, -0.2) is 61.2 Å². The first kappa shape index (κ1) is 14.3. The van der Waals surface area contributed by atoms with E-state index in [0.29, 0.717) is 11.6 Å². The number of likely N-dealkylation sites (N-methyl/N-ethyl adjacent to an activating group) is 1. The van der Waals surface area contributed by atoms with E-state index < -0.39 is 0 Å². The van der Waals surface area contributed by atoms with Gasteiger partial charge in [0.25, 0.3) is 0 Å². The second-order valence-electron chi connectivity index (χ2n) is 7.10. The summed E-state index contributed by atoms with van der Waals surface area (Å²) in [4.78, 5) is 5.10. The van der Waals surface area contributed by atoms with E-state index in [1.807, 2.05) is 0 Å². The van der Waals surface area contributed by atoms with Crippen molar-refractivity contribution in [2.24, 2.45) is 0 Å². The number of hydrogen-bond donors (Lipinski definition) is 1. The van der Waals surface area contributed by atoms with Crippen LogP contribution in [0.1, 0.15) is 46.0 Å². The molecule has 1 saturated carbocycles. The molecular formula is C15H31N3. The molecule has 1 saturated heterocycles. The molecule has 0 bridgehead atoms. The summed E-state index contributed by atoms with van der Waals surface area (Å²) in [6.07, 6.45) is 7.15. The summed E-state index contributed by atoms with van der Waals surface area (Å²) >= 11 is 0. The van der Waals surface area contributed by atoms with E-state index in [0.717, 1.165) is 19.1 Å². The van der Waals surface area contributed by atoms with Crippen LogP contribution in [0.15, 0.2) is 0 Å². The van der Waals surface area contributed by atoms with Gasteiger partial charge >= 0.3 is 0 Å². The molecular weight excluding hydrogens is 222 g/mol. The molecule has 18 heavy (non-hydrogen) atoms. The fourth-order valence-electron chi connectivity index (χ4n) is 3.64. The number of nitrogens with one attached hydrogen (secondary N) is 1. The molecule has 0 aromatic rings. The highest BCUT2D eigenvalue weighted by atomic mass is 15.3. The standard InChI is InChI=1S/C15H31N3/c1-15(2)12-16-13(10-17(3)4)11-18(15)14-8-6-5-7-9-14/h13-14,16H,5-12H2,1-4H3. The molecule has 0 aromatic carbocycles. The predicted molar refractivity (Wildman–Crippen MR) is 78.0 cm³/mol. The molecule has 1 aliphatic heterocycles. The van der Waals surface area contributed by atoms with Crippen LogP contribution >= 0.6 is 0 Å². The van der Waals surface area contributed by atoms with Crippen molar-refractivity contribution in [1.29, 1.82) is 0 Å². The van der Waals surface area contributed by atoms with Gasteiger partial charge in [0.15, 0.2) is 0 Å². The van der Waals surface area contributed by atoms with Gasteiger partial charge in [-0.1, -0.05) is 19.3 Å². The van der Waals surface area contributed by atoms with E-state index in [2.05, 4.69) is 43.1 Å². The molecule has 2 aliphatic rings. The van der Waals surface area contributed by atoms with Gasteiger partial charge in [0.2, 0.25) is 0 Å². The molecule has 1 heterocycles. The lowest BCUT2D eigenvalue weighted by molar-refractivity contribution is 0.00667. The monoisotopic (exact) mass is 253 g/mol. The zero-order valence-corrected chi connectivity index (χ0v) is 12.7. The maximum atomic E-state index is 3.73. The van der Waals surface area contributed by atoms with Gasteiger partial charge in [0.05, 0.1) is 0 Å². The van der Waals surface area contributed by atoms with Gasteiger partial charge in [-0.25, -0.2) is 0 Å². The molecule has 1 atom stereocenters. The SMILES string of the molecule is CN(C)CC1CN(C2CCCCC2)C(C)(C)CN1. The molecule has 106 valence electrons. The van der Waals surface area contributed by atoms with Crippen LogP contribution in [-0.2, 0) is 0 Å². The first-order valence-corrected chi connectivity index (χ1v) is 7.64. The molecule has 0 amide bonds. The van der Waals surface area contributed by atoms with Crippen molar-refractivity contribution in [1.82, 2.24) is 15.1 Å². The van der Waals surface area contributed by atoms with Crippen LogP contribution < -0.4 is 5.32 Å². The van der Waals surface area contributed by atoms with Crippen molar-refractivity contribution in [2.45, 2.75) is 63.6 Å². The third-order valence-corrected chi connectivity index (χ3v) is 4.62. The van der Waals surface area contributed by atoms with Crippen molar-refractivity contribution >= 4 is 0 Å². The lowest BCUT2D eigenvalue weighted by Crippen LogP contribution is -2.66. The first-order chi connectivity index (χ1) is 8.49. The summed E-state index contributed by atoms with van der Waals surface area (Å²) in [5.74, 6) is 0. The van der Waals surface area contributed by atoms with Gasteiger partial charge in [-0.3, -0.25) is 4.90 Å². The highest BCUT2D eigenvalue weighted by Gasteiger charge is 2.38. The smallest absolute Gasteiger partial charge is 0.0323 e. The van der Waals surface area contributed by atoms with E-state index >= 15 is 0 Å². The zero-order chi connectivity index (χ0) is 13.2. The van der Waals surface area contributed by atoms with Crippen molar-refractivity contribution in [3.8, 4) is 0 Å². The highest BCUT2D eigenvalue weighted by Crippen LogP contribution is 2.30. The summed E-state index contributed by atoms with van der Waals surface area (Å²) < 4.78 is 0. The van der Waals surface area contributed by atoms with Crippen molar-refractivity contribution in [3.63, 3.8) is 0 Å². The Morgan fingerprint density at radius 3 is 2.44 bits per heavy atom. The third kappa shape index (κ3) is 3.46. The van der Waals surface area contributed by atoms with Crippen molar-refractivity contribution < 1.29 is 0 Å². The van der Waals surface area contributed by atoms with Gasteiger partial charge in [0, 0.05) is 37.3 Å². The van der Waals surface area contributed by atoms with Gasteiger partial charge in [-0.15, -0.1) is 0 Å². The van der Waals surface area contributed by atoms with Crippen LogP contribution in [0.25, 0.3) is 0 Å². The summed E-state index contributed by atoms with van der Waals surface area (Å²) in [6, 6.07) is 1.47. The van der Waals surface area contributed by atoms with E-state index in [1.165, 1.54) is 38.6 Å². The van der Waals surface area contributed by atoms with Crippen LogP contribution in [0, 0.1) is 0 Å². The normalized spacial score (nSPS) is 30.8. The second kappa shape index (κ2) is 5.89. The summed E-state index contributed by atoms with van der Waals surface area (Å²) in [5.41, 5.74) is 0.324. The Labute approximate surface area is 113 Å². The average molecular weight is 253 g/mol. The molecule has 2 fully saturated rings. The molecule has 3 heteroatoms. The Kier molecular flexibility index (Phi) is 4.68. The first-order valence-electron chi connectivity index (χ1n) is 7.64. The van der Waals surface area contributed by atoms with Crippen LogP contribution in [0.5, 0.6) is 0 Å². The molecule has 3 nitrogen and oxygen atoms in total. The minimum Gasteiger partial charge on any atom is -0.310 e. The Morgan fingerprint density at radius 2 is 1.83 bits per heavy atom. The summed E-state index contributed by atoms with van der Waals surface area (Å²) in [5, 5.41) is 3.73. The minimum atomic E-state index is 0.324. The predicted octanol–water partition coefficient (Wildman–Crippen LogP) is 1.93. The lowest BCUT2D eigenvalue weighted by atomic mass is 9.88. The van der Waals surface area contributed by atoms with Gasteiger partial charge in [-0.2, -0.15) is 0 Å². The average Bonchev–Trinajstić information content (AvgIpc) is 2.32. The van der Waals surface area contributed by atoms with E-state index in [9.17, 15) is 0 Å². The Hall–Kier alpha value is -0.120. The van der Waals surface area contributed by atoms with Crippen LogP contribution in [0.2, 0.25) is 0 Å². The fraction of sp³-hybridized carbons (Fsp3) is 1.00. The Morgan fingerprint density at radius 1 is 1.17 bits per heavy atom. The quantitative estimate of drug-likeness (QED) is 0.829. The van der Waals surface area contributed by atoms with E-state index in [1.54, 1.807) is 0 Å². The maximum Gasteiger partial charge on any atom is 0.0323 e. The molecule has 1 unspecified atom stereocenters. The summed E-state index contributed by atoms with van der Waals surface area (Å²) in [6.45, 7) is 8.30. The fourth-order valence-corrected chi connectivity index (χ4v) is 3.64. The number of piperazine rings is 1. The molecule has 1 aliphatic carbocycles. The third-order valence-electron chi connectivity index (χ3n) is 4.62. The minimum absolute atomic E-state index is 0.324. The van der Waals surface area contributed by atoms with Gasteiger partial charge in [-0.05, 0) is 40.8 Å². The Bertz CT molecular complexity index is 256. The van der Waals surface area contributed by atoms with Crippen LogP contribution in [0.3, 0.4) is 0 Å². The largest absolute Gasteiger partial charge is 0.310 e. The second-order valence-corrected chi connectivity index (χ2v) is 7.10. The Balaban J connectivity index is 1.98. The number of rotatable bonds is 3. The zero-order valence-electron chi connectivity index (χ0n) is 12.7. The maximum absolute atomic E-state index is 3.73. The molecule has 0 spiro atoms. The lowest BCUT2D eigenvalue weighted by Gasteiger charge is -2.51. The molecule has 0 radical (unpaired) electrons. The highest BCUT2D eigenvalue weighted by molar-refractivity contribution is 4.97. The van der Waals surface area contributed by atoms with E-state index in [4.69, 9.17) is 0 Å². The molecule has 1 N–H and O–H groups in total. The summed E-state index contributed by atoms with van der Waals surface area (Å²) in [7, 11) is 4.35. The number of nitrogens with zero attached hydrogens (tertiary/aromatic N) is 2. The number of hydrogen-bond acceptors (Lipinski definition) is 3. The van der Waals surface area contributed by atoms with Crippen molar-refractivity contribution in [2.75, 3.05) is 33.7 Å².